The normalized spacial score (nSPS) is 10.9. The Morgan fingerprint density at radius 2 is 1.59 bits per heavy atom. The van der Waals surface area contributed by atoms with Gasteiger partial charge in [-0.3, -0.25) is 0 Å². The molecule has 1 aromatic heterocycles. The maximum Gasteiger partial charge on any atom is 0.317 e. The molecule has 0 aliphatic rings. The number of carbonyl (C=O) groups excluding carboxylic acids is 1. The lowest BCUT2D eigenvalue weighted by atomic mass is 10.1. The molecular formula is C26H28N4O2. The number of aliphatic hydroxyl groups excluding tert-OH is 1. The molecule has 2 N–H and O–H groups in total. The predicted octanol–water partition coefficient (Wildman–Crippen LogP) is 3.83. The van der Waals surface area contributed by atoms with Crippen molar-refractivity contribution in [2.24, 2.45) is 0 Å². The summed E-state index contributed by atoms with van der Waals surface area (Å²) in [5.74, 6) is 0. The van der Waals surface area contributed by atoms with E-state index in [1.807, 2.05) is 67.0 Å². The molecule has 32 heavy (non-hydrogen) atoms. The van der Waals surface area contributed by atoms with E-state index in [1.165, 1.54) is 11.1 Å². The molecule has 0 unspecified atom stereocenters. The van der Waals surface area contributed by atoms with Crippen LogP contribution >= 0.6 is 0 Å². The topological polar surface area (TPSA) is 70.4 Å². The van der Waals surface area contributed by atoms with Gasteiger partial charge in [0, 0.05) is 26.2 Å². The number of rotatable bonds is 9. The first-order valence-corrected chi connectivity index (χ1v) is 10.9. The molecule has 0 atom stereocenters. The number of urea groups is 1. The quantitative estimate of drug-likeness (QED) is 0.426. The lowest BCUT2D eigenvalue weighted by Crippen LogP contribution is -2.42. The van der Waals surface area contributed by atoms with Crippen LogP contribution in [0, 0.1) is 0 Å². The first-order valence-electron chi connectivity index (χ1n) is 10.9. The fraction of sp³-hybridized carbons (Fsp3) is 0.231. The Morgan fingerprint density at radius 3 is 2.38 bits per heavy atom. The van der Waals surface area contributed by atoms with Crippen molar-refractivity contribution in [3.63, 3.8) is 0 Å². The first kappa shape index (κ1) is 21.6. The van der Waals surface area contributed by atoms with Crippen molar-refractivity contribution < 1.29 is 9.90 Å². The van der Waals surface area contributed by atoms with Gasteiger partial charge in [0.05, 0.1) is 24.0 Å². The van der Waals surface area contributed by atoms with Crippen molar-refractivity contribution in [3.05, 3.63) is 102 Å². The predicted molar refractivity (Wildman–Crippen MR) is 126 cm³/mol. The summed E-state index contributed by atoms with van der Waals surface area (Å²) in [5, 5.41) is 12.3. The maximum absolute atomic E-state index is 12.6. The van der Waals surface area contributed by atoms with E-state index in [2.05, 4.69) is 33.1 Å². The third kappa shape index (κ3) is 5.53. The second kappa shape index (κ2) is 10.6. The fourth-order valence-corrected chi connectivity index (χ4v) is 3.73. The molecule has 0 aliphatic carbocycles. The van der Waals surface area contributed by atoms with Gasteiger partial charge in [-0.15, -0.1) is 0 Å². The van der Waals surface area contributed by atoms with Gasteiger partial charge in [-0.2, -0.15) is 0 Å². The highest BCUT2D eigenvalue weighted by molar-refractivity contribution is 5.75. The third-order valence-corrected chi connectivity index (χ3v) is 5.52. The van der Waals surface area contributed by atoms with Crippen LogP contribution in [0.5, 0.6) is 0 Å². The number of benzene rings is 3. The van der Waals surface area contributed by atoms with Gasteiger partial charge < -0.3 is 19.9 Å². The second-order valence-corrected chi connectivity index (χ2v) is 7.78. The first-order chi connectivity index (χ1) is 15.7. The summed E-state index contributed by atoms with van der Waals surface area (Å²) in [6.07, 6.45) is 2.62. The maximum atomic E-state index is 12.6. The molecule has 0 fully saturated rings. The zero-order valence-electron chi connectivity index (χ0n) is 18.0. The van der Waals surface area contributed by atoms with E-state index < -0.39 is 0 Å². The summed E-state index contributed by atoms with van der Waals surface area (Å²) in [6, 6.07) is 26.2. The van der Waals surface area contributed by atoms with Crippen LogP contribution in [-0.2, 0) is 19.5 Å². The lowest BCUT2D eigenvalue weighted by molar-refractivity contribution is 0.177. The SMILES string of the molecule is O=C(NCc1ccc(Cn2cnc3ccccc32)cc1)N(CCO)CCc1ccccc1. The smallest absolute Gasteiger partial charge is 0.317 e. The Hall–Kier alpha value is -3.64. The van der Waals surface area contributed by atoms with Gasteiger partial charge in [0.15, 0.2) is 0 Å². The van der Waals surface area contributed by atoms with Crippen molar-refractivity contribution in [2.45, 2.75) is 19.5 Å². The number of hydrogen-bond donors (Lipinski definition) is 2. The Morgan fingerprint density at radius 1 is 0.875 bits per heavy atom. The summed E-state index contributed by atoms with van der Waals surface area (Å²) < 4.78 is 2.13. The van der Waals surface area contributed by atoms with Crippen molar-refractivity contribution in [2.75, 3.05) is 19.7 Å². The standard InChI is InChI=1S/C26H28N4O2/c31-17-16-29(15-14-21-6-2-1-3-7-21)26(32)27-18-22-10-12-23(13-11-22)19-30-20-28-24-8-4-5-9-25(24)30/h1-13,20,31H,14-19H2,(H,27,32). The Bertz CT molecular complexity index is 1140. The Labute approximate surface area is 188 Å². The van der Waals surface area contributed by atoms with Crippen molar-refractivity contribution in [3.8, 4) is 0 Å². The number of amides is 2. The fourth-order valence-electron chi connectivity index (χ4n) is 3.73. The molecule has 0 spiro atoms. The molecule has 4 rings (SSSR count). The Balaban J connectivity index is 1.31. The lowest BCUT2D eigenvalue weighted by Gasteiger charge is -2.22. The van der Waals surface area contributed by atoms with Crippen molar-refractivity contribution >= 4 is 17.1 Å². The highest BCUT2D eigenvalue weighted by Crippen LogP contribution is 2.14. The summed E-state index contributed by atoms with van der Waals surface area (Å²) in [5.41, 5.74) is 5.48. The number of imidazole rings is 1. The molecule has 6 nitrogen and oxygen atoms in total. The molecule has 0 aliphatic heterocycles. The van der Waals surface area contributed by atoms with Crippen molar-refractivity contribution in [1.82, 2.24) is 19.8 Å². The van der Waals surface area contributed by atoms with E-state index in [4.69, 9.17) is 0 Å². The highest BCUT2D eigenvalue weighted by Gasteiger charge is 2.12. The summed E-state index contributed by atoms with van der Waals surface area (Å²) in [7, 11) is 0. The van der Waals surface area contributed by atoms with E-state index in [0.29, 0.717) is 19.6 Å². The molecular weight excluding hydrogens is 400 g/mol. The monoisotopic (exact) mass is 428 g/mol. The summed E-state index contributed by atoms with van der Waals surface area (Å²) >= 11 is 0. The average molecular weight is 429 g/mol. The number of hydrogen-bond acceptors (Lipinski definition) is 3. The van der Waals surface area contributed by atoms with E-state index in [1.54, 1.807) is 4.90 Å². The molecule has 4 aromatic rings. The second-order valence-electron chi connectivity index (χ2n) is 7.78. The summed E-state index contributed by atoms with van der Waals surface area (Å²) in [6.45, 7) is 2.02. The average Bonchev–Trinajstić information content (AvgIpc) is 3.24. The Kier molecular flexibility index (Phi) is 7.15. The minimum absolute atomic E-state index is 0.0557. The van der Waals surface area contributed by atoms with E-state index in [-0.39, 0.29) is 12.6 Å². The molecule has 0 bridgehead atoms. The van der Waals surface area contributed by atoms with Crippen LogP contribution in [0.15, 0.2) is 85.2 Å². The number of carbonyl (C=O) groups is 1. The zero-order valence-corrected chi connectivity index (χ0v) is 18.0. The van der Waals surface area contributed by atoms with Crippen LogP contribution < -0.4 is 5.32 Å². The number of nitrogens with one attached hydrogen (secondary N) is 1. The van der Waals surface area contributed by atoms with Gasteiger partial charge >= 0.3 is 6.03 Å². The number of para-hydroxylation sites is 2. The molecule has 164 valence electrons. The molecule has 3 aromatic carbocycles. The molecule has 6 heteroatoms. The van der Waals surface area contributed by atoms with E-state index >= 15 is 0 Å². The van der Waals surface area contributed by atoms with Crippen LogP contribution in [-0.4, -0.2) is 45.3 Å². The van der Waals surface area contributed by atoms with Crippen LogP contribution in [0.4, 0.5) is 4.79 Å². The number of fused-ring (bicyclic) bond motifs is 1. The van der Waals surface area contributed by atoms with Gasteiger partial charge in [0.25, 0.3) is 0 Å². The van der Waals surface area contributed by atoms with Crippen LogP contribution in [0.1, 0.15) is 16.7 Å². The zero-order chi connectivity index (χ0) is 22.2. The summed E-state index contributed by atoms with van der Waals surface area (Å²) in [4.78, 5) is 18.7. The molecule has 2 amide bonds. The van der Waals surface area contributed by atoms with Gasteiger partial charge in [-0.25, -0.2) is 9.78 Å². The largest absolute Gasteiger partial charge is 0.395 e. The third-order valence-electron chi connectivity index (χ3n) is 5.52. The van der Waals surface area contributed by atoms with Gasteiger partial charge in [0.2, 0.25) is 0 Å². The van der Waals surface area contributed by atoms with Crippen LogP contribution in [0.25, 0.3) is 11.0 Å². The minimum atomic E-state index is -0.163. The van der Waals surface area contributed by atoms with E-state index in [0.717, 1.165) is 29.6 Å². The molecule has 0 saturated heterocycles. The van der Waals surface area contributed by atoms with Crippen LogP contribution in [0.3, 0.4) is 0 Å². The minimum Gasteiger partial charge on any atom is -0.395 e. The van der Waals surface area contributed by atoms with E-state index in [9.17, 15) is 9.90 Å². The van der Waals surface area contributed by atoms with Crippen LogP contribution in [0.2, 0.25) is 0 Å². The molecule has 0 radical (unpaired) electrons. The molecule has 1 heterocycles. The van der Waals surface area contributed by atoms with Gasteiger partial charge in [-0.05, 0) is 35.2 Å². The highest BCUT2D eigenvalue weighted by atomic mass is 16.3. The van der Waals surface area contributed by atoms with Gasteiger partial charge in [0.1, 0.15) is 0 Å². The van der Waals surface area contributed by atoms with Gasteiger partial charge in [-0.1, -0.05) is 66.7 Å². The number of aromatic nitrogens is 2. The number of aliphatic hydroxyl groups is 1. The van der Waals surface area contributed by atoms with Crippen molar-refractivity contribution in [1.29, 1.82) is 0 Å². The molecule has 0 saturated carbocycles. The number of nitrogens with zero attached hydrogens (tertiary/aromatic N) is 3.